The molecule has 1 heterocycles. The molecular formula is C12H16ClN3O2. The van der Waals surface area contributed by atoms with Crippen LogP contribution in [-0.2, 0) is 6.54 Å². The summed E-state index contributed by atoms with van der Waals surface area (Å²) < 4.78 is 0. The quantitative estimate of drug-likeness (QED) is 0.364. The first kappa shape index (κ1) is 13.3. The number of hydrogen-bond donors (Lipinski definition) is 0. The fourth-order valence-corrected chi connectivity index (χ4v) is 2.49. The molecule has 98 valence electrons. The Morgan fingerprint density at radius 2 is 2.28 bits per heavy atom. The van der Waals surface area contributed by atoms with Crippen LogP contribution in [0.5, 0.6) is 0 Å². The number of piperazine rings is 1. The molecule has 0 amide bonds. The van der Waals surface area contributed by atoms with Crippen molar-refractivity contribution in [2.45, 2.75) is 12.0 Å². The third-order valence-corrected chi connectivity index (χ3v) is 3.55. The van der Waals surface area contributed by atoms with Gasteiger partial charge in [-0.25, -0.2) is 0 Å². The van der Waals surface area contributed by atoms with Gasteiger partial charge < -0.3 is 4.90 Å². The summed E-state index contributed by atoms with van der Waals surface area (Å²) in [5.41, 5.74) is 1.02. The number of likely N-dealkylation sites (N-methyl/N-ethyl adjacent to an activating group) is 1. The second-order valence-electron chi connectivity index (χ2n) is 4.59. The molecule has 1 aliphatic heterocycles. The van der Waals surface area contributed by atoms with Gasteiger partial charge in [0.05, 0.1) is 10.4 Å². The second kappa shape index (κ2) is 5.65. The second-order valence-corrected chi connectivity index (χ2v) is 5.10. The van der Waals surface area contributed by atoms with Gasteiger partial charge in [0.1, 0.15) is 0 Å². The molecule has 6 heteroatoms. The van der Waals surface area contributed by atoms with Gasteiger partial charge in [0.15, 0.2) is 0 Å². The van der Waals surface area contributed by atoms with E-state index in [2.05, 4.69) is 9.80 Å². The van der Waals surface area contributed by atoms with E-state index in [1.54, 1.807) is 12.1 Å². The zero-order valence-corrected chi connectivity index (χ0v) is 11.0. The minimum absolute atomic E-state index is 0.0389. The third-order valence-electron chi connectivity index (χ3n) is 3.13. The molecule has 1 aromatic rings. The Labute approximate surface area is 111 Å². The standard InChI is InChI=1S/C12H16ClN3O2/c1-14-5-6-15(12(13)9-14)8-10-3-2-4-11(7-10)16(17)18/h2-4,7,12H,5-6,8-9H2,1H3. The molecule has 0 bridgehead atoms. The highest BCUT2D eigenvalue weighted by atomic mass is 35.5. The van der Waals surface area contributed by atoms with E-state index in [4.69, 9.17) is 11.6 Å². The van der Waals surface area contributed by atoms with Crippen molar-refractivity contribution in [3.05, 3.63) is 39.9 Å². The Balaban J connectivity index is 2.05. The van der Waals surface area contributed by atoms with Gasteiger partial charge >= 0.3 is 0 Å². The Hall–Kier alpha value is -1.17. The maximum atomic E-state index is 10.7. The average molecular weight is 270 g/mol. The molecule has 1 fully saturated rings. The number of benzene rings is 1. The topological polar surface area (TPSA) is 49.6 Å². The summed E-state index contributed by atoms with van der Waals surface area (Å²) in [6, 6.07) is 6.73. The lowest BCUT2D eigenvalue weighted by molar-refractivity contribution is -0.384. The normalized spacial score (nSPS) is 22.0. The number of halogens is 1. The van der Waals surface area contributed by atoms with E-state index in [1.807, 2.05) is 13.1 Å². The zero-order chi connectivity index (χ0) is 13.1. The predicted molar refractivity (Wildman–Crippen MR) is 70.6 cm³/mol. The van der Waals surface area contributed by atoms with Gasteiger partial charge in [0, 0.05) is 38.3 Å². The van der Waals surface area contributed by atoms with Crippen molar-refractivity contribution >= 4 is 17.3 Å². The Kier molecular flexibility index (Phi) is 4.16. The molecule has 0 aliphatic carbocycles. The molecule has 1 unspecified atom stereocenters. The molecule has 2 rings (SSSR count). The van der Waals surface area contributed by atoms with Gasteiger partial charge in [0.2, 0.25) is 0 Å². The predicted octanol–water partition coefficient (Wildman–Crippen LogP) is 1.91. The van der Waals surface area contributed by atoms with E-state index in [0.29, 0.717) is 6.54 Å². The number of nitrogens with zero attached hydrogens (tertiary/aromatic N) is 3. The van der Waals surface area contributed by atoms with Gasteiger partial charge in [0.25, 0.3) is 5.69 Å². The highest BCUT2D eigenvalue weighted by Crippen LogP contribution is 2.19. The summed E-state index contributed by atoms with van der Waals surface area (Å²) in [6.07, 6.45) is 0. The number of non-ortho nitro benzene ring substituents is 1. The first-order chi connectivity index (χ1) is 8.56. The SMILES string of the molecule is CN1CCN(Cc2cccc([N+](=O)[O-])c2)C(Cl)C1. The van der Waals surface area contributed by atoms with Gasteiger partial charge in [-0.1, -0.05) is 12.1 Å². The van der Waals surface area contributed by atoms with E-state index >= 15 is 0 Å². The molecule has 18 heavy (non-hydrogen) atoms. The number of rotatable bonds is 3. The van der Waals surface area contributed by atoms with Gasteiger partial charge in [-0.15, -0.1) is 11.6 Å². The van der Waals surface area contributed by atoms with Crippen LogP contribution in [0.15, 0.2) is 24.3 Å². The summed E-state index contributed by atoms with van der Waals surface area (Å²) >= 11 is 6.28. The molecule has 0 saturated carbocycles. The van der Waals surface area contributed by atoms with Crippen LogP contribution in [0.3, 0.4) is 0 Å². The van der Waals surface area contributed by atoms with Crippen LogP contribution in [0.1, 0.15) is 5.56 Å². The first-order valence-corrected chi connectivity index (χ1v) is 6.30. The van der Waals surface area contributed by atoms with Crippen molar-refractivity contribution in [2.75, 3.05) is 26.7 Å². The summed E-state index contributed by atoms with van der Waals surface area (Å²) in [7, 11) is 2.04. The van der Waals surface area contributed by atoms with Gasteiger partial charge in [-0.3, -0.25) is 15.0 Å². The van der Waals surface area contributed by atoms with Crippen LogP contribution >= 0.6 is 11.6 Å². The molecule has 5 nitrogen and oxygen atoms in total. The van der Waals surface area contributed by atoms with Gasteiger partial charge in [-0.05, 0) is 12.6 Å². The lowest BCUT2D eigenvalue weighted by Crippen LogP contribution is -2.48. The van der Waals surface area contributed by atoms with Crippen molar-refractivity contribution in [1.82, 2.24) is 9.80 Å². The average Bonchev–Trinajstić information content (AvgIpc) is 2.33. The number of nitro groups is 1. The molecule has 0 aromatic heterocycles. The molecule has 1 saturated heterocycles. The molecule has 1 aliphatic rings. The summed E-state index contributed by atoms with van der Waals surface area (Å²) in [6.45, 7) is 3.33. The minimum Gasteiger partial charge on any atom is -0.302 e. The lowest BCUT2D eigenvalue weighted by atomic mass is 10.2. The molecule has 0 spiro atoms. The Bertz CT molecular complexity index is 441. The highest BCUT2D eigenvalue weighted by molar-refractivity contribution is 6.20. The van der Waals surface area contributed by atoms with E-state index in [9.17, 15) is 10.1 Å². The Morgan fingerprint density at radius 3 is 2.94 bits per heavy atom. The Morgan fingerprint density at radius 1 is 1.50 bits per heavy atom. The summed E-state index contributed by atoms with van der Waals surface area (Å²) in [4.78, 5) is 14.7. The van der Waals surface area contributed by atoms with Crippen LogP contribution in [0, 0.1) is 10.1 Å². The number of nitro benzene ring substituents is 1. The van der Waals surface area contributed by atoms with Crippen molar-refractivity contribution in [1.29, 1.82) is 0 Å². The number of alkyl halides is 1. The van der Waals surface area contributed by atoms with Crippen LogP contribution in [-0.4, -0.2) is 46.9 Å². The van der Waals surface area contributed by atoms with E-state index in [-0.39, 0.29) is 16.1 Å². The fraction of sp³-hybridized carbons (Fsp3) is 0.500. The maximum Gasteiger partial charge on any atom is 0.269 e. The van der Waals surface area contributed by atoms with Gasteiger partial charge in [-0.2, -0.15) is 0 Å². The fourth-order valence-electron chi connectivity index (χ4n) is 2.08. The van der Waals surface area contributed by atoms with E-state index in [1.165, 1.54) is 6.07 Å². The lowest BCUT2D eigenvalue weighted by Gasteiger charge is -2.36. The van der Waals surface area contributed by atoms with Crippen LogP contribution in [0.4, 0.5) is 5.69 Å². The zero-order valence-electron chi connectivity index (χ0n) is 10.3. The first-order valence-electron chi connectivity index (χ1n) is 5.86. The summed E-state index contributed by atoms with van der Waals surface area (Å²) in [5.74, 6) is 0. The largest absolute Gasteiger partial charge is 0.302 e. The van der Waals surface area contributed by atoms with Crippen molar-refractivity contribution in [2.24, 2.45) is 0 Å². The van der Waals surface area contributed by atoms with Crippen LogP contribution in [0.2, 0.25) is 0 Å². The van der Waals surface area contributed by atoms with Crippen molar-refractivity contribution in [3.8, 4) is 0 Å². The van der Waals surface area contributed by atoms with Crippen molar-refractivity contribution < 1.29 is 4.92 Å². The van der Waals surface area contributed by atoms with E-state index in [0.717, 1.165) is 25.2 Å². The smallest absolute Gasteiger partial charge is 0.269 e. The molecular weight excluding hydrogens is 254 g/mol. The molecule has 0 N–H and O–H groups in total. The summed E-state index contributed by atoms with van der Waals surface area (Å²) in [5, 5.41) is 10.7. The number of hydrogen-bond acceptors (Lipinski definition) is 4. The van der Waals surface area contributed by atoms with E-state index < -0.39 is 0 Å². The molecule has 1 atom stereocenters. The monoisotopic (exact) mass is 269 g/mol. The highest BCUT2D eigenvalue weighted by Gasteiger charge is 2.23. The van der Waals surface area contributed by atoms with Crippen LogP contribution < -0.4 is 0 Å². The maximum absolute atomic E-state index is 10.7. The molecule has 1 aromatic carbocycles. The van der Waals surface area contributed by atoms with Crippen LogP contribution in [0.25, 0.3) is 0 Å². The van der Waals surface area contributed by atoms with Crippen molar-refractivity contribution in [3.63, 3.8) is 0 Å². The minimum atomic E-state index is -0.369. The third kappa shape index (κ3) is 3.19. The molecule has 0 radical (unpaired) electrons.